The fourth-order valence-corrected chi connectivity index (χ4v) is 1.95. The number of hydrogen-bond donors (Lipinski definition) is 2. The molecule has 1 rings (SSSR count). The Morgan fingerprint density at radius 1 is 1.38 bits per heavy atom. The van der Waals surface area contributed by atoms with E-state index in [0.29, 0.717) is 12.8 Å². The molecule has 3 N–H and O–H groups in total. The van der Waals surface area contributed by atoms with Gasteiger partial charge in [-0.2, -0.15) is 0 Å². The lowest BCUT2D eigenvalue weighted by Gasteiger charge is -2.30. The maximum atomic E-state index is 12.8. The van der Waals surface area contributed by atoms with Crippen molar-refractivity contribution < 1.29 is 8.78 Å². The second-order valence-electron chi connectivity index (χ2n) is 4.21. The van der Waals surface area contributed by atoms with Crippen molar-refractivity contribution in [2.45, 2.75) is 44.1 Å². The fraction of sp³-hybridized carbons (Fsp3) is 1.00. The molecule has 0 aromatic heterocycles. The summed E-state index contributed by atoms with van der Waals surface area (Å²) in [7, 11) is 0. The lowest BCUT2D eigenvalue weighted by Crippen LogP contribution is -2.44. The summed E-state index contributed by atoms with van der Waals surface area (Å²) in [5.41, 5.74) is 5.26. The Morgan fingerprint density at radius 2 is 2.08 bits per heavy atom. The monoisotopic (exact) mass is 192 g/mol. The number of halogens is 2. The standard InChI is InChI=1S/C9H18F2N2/c1-8(10,11)7-9(12)3-2-5-13-6-4-9/h13H,2-7,12H2,1H3. The predicted molar refractivity (Wildman–Crippen MR) is 48.9 cm³/mol. The summed E-state index contributed by atoms with van der Waals surface area (Å²) in [6.07, 6.45) is 2.05. The number of alkyl halides is 2. The molecule has 2 nitrogen and oxygen atoms in total. The number of hydrogen-bond acceptors (Lipinski definition) is 2. The smallest absolute Gasteiger partial charge is 0.247 e. The summed E-state index contributed by atoms with van der Waals surface area (Å²) >= 11 is 0. The van der Waals surface area contributed by atoms with E-state index >= 15 is 0 Å². The van der Waals surface area contributed by atoms with Crippen LogP contribution >= 0.6 is 0 Å². The summed E-state index contributed by atoms with van der Waals surface area (Å²) in [5, 5.41) is 3.16. The zero-order valence-corrected chi connectivity index (χ0v) is 8.08. The van der Waals surface area contributed by atoms with E-state index in [1.807, 2.05) is 0 Å². The molecule has 0 aliphatic carbocycles. The third-order valence-electron chi connectivity index (χ3n) is 2.49. The molecule has 0 saturated carbocycles. The molecule has 1 fully saturated rings. The van der Waals surface area contributed by atoms with Crippen molar-refractivity contribution in [3.05, 3.63) is 0 Å². The van der Waals surface area contributed by atoms with Crippen LogP contribution in [0.25, 0.3) is 0 Å². The predicted octanol–water partition coefficient (Wildman–Crippen LogP) is 1.50. The van der Waals surface area contributed by atoms with Crippen LogP contribution in [-0.4, -0.2) is 24.6 Å². The maximum absolute atomic E-state index is 12.8. The van der Waals surface area contributed by atoms with Crippen molar-refractivity contribution in [2.24, 2.45) is 5.73 Å². The highest BCUT2D eigenvalue weighted by atomic mass is 19.3. The van der Waals surface area contributed by atoms with Gasteiger partial charge < -0.3 is 11.1 Å². The molecule has 1 aliphatic rings. The lowest BCUT2D eigenvalue weighted by atomic mass is 9.86. The molecule has 1 aliphatic heterocycles. The van der Waals surface area contributed by atoms with Crippen LogP contribution in [0.15, 0.2) is 0 Å². The Hall–Kier alpha value is -0.220. The first kappa shape index (κ1) is 10.9. The fourth-order valence-electron chi connectivity index (χ4n) is 1.95. The molecule has 78 valence electrons. The Kier molecular flexibility index (Phi) is 3.24. The highest BCUT2D eigenvalue weighted by molar-refractivity contribution is 4.90. The molecule has 0 aromatic carbocycles. The van der Waals surface area contributed by atoms with Gasteiger partial charge in [0.25, 0.3) is 0 Å². The highest BCUT2D eigenvalue weighted by Gasteiger charge is 2.36. The Labute approximate surface area is 77.9 Å². The number of nitrogens with two attached hydrogens (primary N) is 1. The molecule has 1 atom stereocenters. The molecule has 13 heavy (non-hydrogen) atoms. The van der Waals surface area contributed by atoms with E-state index in [2.05, 4.69) is 5.32 Å². The van der Waals surface area contributed by atoms with Gasteiger partial charge in [0.15, 0.2) is 0 Å². The third kappa shape index (κ3) is 4.00. The Balaban J connectivity index is 2.52. The van der Waals surface area contributed by atoms with Crippen LogP contribution in [0, 0.1) is 0 Å². The average molecular weight is 192 g/mol. The highest BCUT2D eigenvalue weighted by Crippen LogP contribution is 2.30. The second-order valence-corrected chi connectivity index (χ2v) is 4.21. The van der Waals surface area contributed by atoms with Crippen LogP contribution in [0.3, 0.4) is 0 Å². The van der Waals surface area contributed by atoms with E-state index < -0.39 is 11.5 Å². The maximum Gasteiger partial charge on any atom is 0.247 e. The van der Waals surface area contributed by atoms with Crippen molar-refractivity contribution >= 4 is 0 Å². The molecular weight excluding hydrogens is 174 g/mol. The molecule has 1 unspecified atom stereocenters. The van der Waals surface area contributed by atoms with E-state index in [1.165, 1.54) is 0 Å². The zero-order valence-electron chi connectivity index (χ0n) is 8.08. The van der Waals surface area contributed by atoms with Gasteiger partial charge in [0.05, 0.1) is 0 Å². The van der Waals surface area contributed by atoms with Gasteiger partial charge in [-0.1, -0.05) is 0 Å². The lowest BCUT2D eigenvalue weighted by molar-refractivity contribution is -0.0115. The normalized spacial score (nSPS) is 31.4. The molecular formula is C9H18F2N2. The van der Waals surface area contributed by atoms with Gasteiger partial charge in [-0.25, -0.2) is 8.78 Å². The van der Waals surface area contributed by atoms with Gasteiger partial charge in [-0.3, -0.25) is 0 Å². The van der Waals surface area contributed by atoms with Crippen LogP contribution in [0.2, 0.25) is 0 Å². The summed E-state index contributed by atoms with van der Waals surface area (Å²) in [6.45, 7) is 2.60. The van der Waals surface area contributed by atoms with Gasteiger partial charge in [-0.05, 0) is 39.3 Å². The summed E-state index contributed by atoms with van der Waals surface area (Å²) < 4.78 is 25.6. The van der Waals surface area contributed by atoms with Crippen LogP contribution in [0.5, 0.6) is 0 Å². The van der Waals surface area contributed by atoms with Crippen molar-refractivity contribution in [3.8, 4) is 0 Å². The summed E-state index contributed by atoms with van der Waals surface area (Å²) in [4.78, 5) is 0. The van der Waals surface area contributed by atoms with Crippen LogP contribution in [0.1, 0.15) is 32.6 Å². The Bertz CT molecular complexity index is 157. The van der Waals surface area contributed by atoms with Gasteiger partial charge in [0, 0.05) is 12.0 Å². The average Bonchev–Trinajstić information content (AvgIpc) is 2.09. The van der Waals surface area contributed by atoms with Gasteiger partial charge >= 0.3 is 0 Å². The summed E-state index contributed by atoms with van der Waals surface area (Å²) in [5.74, 6) is -2.64. The van der Waals surface area contributed by atoms with Crippen molar-refractivity contribution in [2.75, 3.05) is 13.1 Å². The van der Waals surface area contributed by atoms with Gasteiger partial charge in [0.2, 0.25) is 5.92 Å². The van der Waals surface area contributed by atoms with Crippen molar-refractivity contribution in [3.63, 3.8) is 0 Å². The summed E-state index contributed by atoms with van der Waals surface area (Å²) in [6, 6.07) is 0. The van der Waals surface area contributed by atoms with Crippen molar-refractivity contribution in [1.29, 1.82) is 0 Å². The largest absolute Gasteiger partial charge is 0.325 e. The van der Waals surface area contributed by atoms with E-state index in [-0.39, 0.29) is 6.42 Å². The Morgan fingerprint density at radius 3 is 2.69 bits per heavy atom. The van der Waals surface area contributed by atoms with Crippen molar-refractivity contribution in [1.82, 2.24) is 5.32 Å². The van der Waals surface area contributed by atoms with Crippen LogP contribution in [-0.2, 0) is 0 Å². The molecule has 1 saturated heterocycles. The molecule has 0 aromatic rings. The molecule has 4 heteroatoms. The quantitative estimate of drug-likeness (QED) is 0.696. The zero-order chi connectivity index (χ0) is 9.95. The molecule has 0 radical (unpaired) electrons. The minimum atomic E-state index is -2.64. The first-order chi connectivity index (χ1) is 5.91. The van der Waals surface area contributed by atoms with Crippen LogP contribution in [0.4, 0.5) is 8.78 Å². The van der Waals surface area contributed by atoms with Crippen LogP contribution < -0.4 is 11.1 Å². The third-order valence-corrected chi connectivity index (χ3v) is 2.49. The van der Waals surface area contributed by atoms with E-state index in [9.17, 15) is 8.78 Å². The molecule has 0 bridgehead atoms. The van der Waals surface area contributed by atoms with E-state index in [1.54, 1.807) is 0 Å². The first-order valence-electron chi connectivity index (χ1n) is 4.79. The minimum absolute atomic E-state index is 0.193. The number of nitrogens with one attached hydrogen (secondary N) is 1. The topological polar surface area (TPSA) is 38.0 Å². The first-order valence-corrected chi connectivity index (χ1v) is 4.79. The van der Waals surface area contributed by atoms with Gasteiger partial charge in [-0.15, -0.1) is 0 Å². The second kappa shape index (κ2) is 3.88. The molecule has 0 spiro atoms. The van der Waals surface area contributed by atoms with Gasteiger partial charge in [0.1, 0.15) is 0 Å². The molecule has 0 amide bonds. The van der Waals surface area contributed by atoms with E-state index in [0.717, 1.165) is 26.4 Å². The SMILES string of the molecule is CC(F)(F)CC1(N)CCCNCC1. The molecule has 1 heterocycles. The number of rotatable bonds is 2. The van der Waals surface area contributed by atoms with E-state index in [4.69, 9.17) is 5.73 Å². The minimum Gasteiger partial charge on any atom is -0.325 e.